The fourth-order valence-electron chi connectivity index (χ4n) is 5.11. The van der Waals surface area contributed by atoms with Crippen molar-refractivity contribution in [3.8, 4) is 0 Å². The standard InChI is InChI=1S/C27H27N3O4S/c1-3-27(20-7-5-4-6-8-20)23(25(32)33)18(2)28-26-30(27)24(31)22(35-26)17-19-9-11-21(12-10-19)29-13-15-34-16-14-29/h4-12,17H,3,13-16H2,1-2H3,(H,32,33)/b22-17-. The van der Waals surface area contributed by atoms with Crippen molar-refractivity contribution in [3.05, 3.63) is 96.7 Å². The first-order valence-corrected chi connectivity index (χ1v) is 12.5. The van der Waals surface area contributed by atoms with Gasteiger partial charge in [0, 0.05) is 18.8 Å². The second-order valence-electron chi connectivity index (χ2n) is 8.68. The van der Waals surface area contributed by atoms with E-state index in [0.717, 1.165) is 43.1 Å². The van der Waals surface area contributed by atoms with Crippen molar-refractivity contribution in [1.82, 2.24) is 4.57 Å². The van der Waals surface area contributed by atoms with Crippen molar-refractivity contribution >= 4 is 29.1 Å². The van der Waals surface area contributed by atoms with E-state index in [1.54, 1.807) is 11.5 Å². The zero-order valence-corrected chi connectivity index (χ0v) is 20.5. The lowest BCUT2D eigenvalue weighted by Gasteiger charge is -2.37. The summed E-state index contributed by atoms with van der Waals surface area (Å²) in [7, 11) is 0. The number of allylic oxidation sites excluding steroid dienone is 1. The van der Waals surface area contributed by atoms with Crippen LogP contribution in [0.4, 0.5) is 5.69 Å². The number of carboxylic acids is 1. The zero-order valence-electron chi connectivity index (χ0n) is 19.7. The van der Waals surface area contributed by atoms with Crippen LogP contribution in [0.5, 0.6) is 0 Å². The third kappa shape index (κ3) is 3.92. The molecule has 1 fully saturated rings. The minimum atomic E-state index is -1.13. The minimum absolute atomic E-state index is 0.139. The largest absolute Gasteiger partial charge is 0.478 e. The Kier molecular flexibility index (Phi) is 6.17. The van der Waals surface area contributed by atoms with Crippen molar-refractivity contribution in [3.63, 3.8) is 0 Å². The normalized spacial score (nSPS) is 20.5. The van der Waals surface area contributed by atoms with Crippen molar-refractivity contribution < 1.29 is 14.6 Å². The number of aromatic nitrogens is 1. The maximum atomic E-state index is 13.8. The van der Waals surface area contributed by atoms with Crippen LogP contribution in [-0.4, -0.2) is 41.9 Å². The highest BCUT2D eigenvalue weighted by Crippen LogP contribution is 2.39. The predicted molar refractivity (Wildman–Crippen MR) is 137 cm³/mol. The van der Waals surface area contributed by atoms with Crippen LogP contribution in [0.15, 0.2) is 75.7 Å². The number of carbonyl (C=O) groups is 1. The van der Waals surface area contributed by atoms with Gasteiger partial charge < -0.3 is 14.7 Å². The minimum Gasteiger partial charge on any atom is -0.478 e. The van der Waals surface area contributed by atoms with E-state index in [1.807, 2.05) is 55.5 Å². The van der Waals surface area contributed by atoms with E-state index in [0.29, 0.717) is 21.5 Å². The SMILES string of the molecule is CCC1(c2ccccc2)C(C(=O)O)=C(C)N=c2s/c(=C\c3ccc(N4CCOCC4)cc3)c(=O)n21. The number of hydrogen-bond donors (Lipinski definition) is 1. The van der Waals surface area contributed by atoms with E-state index in [1.165, 1.54) is 11.3 Å². The molecule has 1 aromatic heterocycles. The number of morpholine rings is 1. The molecule has 0 aliphatic carbocycles. The summed E-state index contributed by atoms with van der Waals surface area (Å²) in [6.45, 7) is 6.79. The summed E-state index contributed by atoms with van der Waals surface area (Å²) in [5.41, 5.74) is 1.99. The molecule has 180 valence electrons. The maximum absolute atomic E-state index is 13.8. The smallest absolute Gasteiger partial charge is 0.336 e. The summed E-state index contributed by atoms with van der Waals surface area (Å²) >= 11 is 1.29. The third-order valence-electron chi connectivity index (χ3n) is 6.77. The third-order valence-corrected chi connectivity index (χ3v) is 7.74. The van der Waals surface area contributed by atoms with Gasteiger partial charge in [0.2, 0.25) is 0 Å². The van der Waals surface area contributed by atoms with Crippen LogP contribution in [0.3, 0.4) is 0 Å². The molecule has 3 aromatic rings. The second-order valence-corrected chi connectivity index (χ2v) is 9.69. The van der Waals surface area contributed by atoms with Crippen molar-refractivity contribution in [1.29, 1.82) is 0 Å². The average molecular weight is 490 g/mol. The van der Waals surface area contributed by atoms with Crippen LogP contribution >= 0.6 is 11.3 Å². The van der Waals surface area contributed by atoms with E-state index in [4.69, 9.17) is 4.74 Å². The lowest BCUT2D eigenvalue weighted by molar-refractivity contribution is -0.133. The summed E-state index contributed by atoms with van der Waals surface area (Å²) in [6.07, 6.45) is 2.26. The molecule has 2 aliphatic heterocycles. The number of nitrogens with zero attached hydrogens (tertiary/aromatic N) is 3. The summed E-state index contributed by atoms with van der Waals surface area (Å²) in [5, 5.41) is 10.2. The number of benzene rings is 2. The molecule has 0 bridgehead atoms. The maximum Gasteiger partial charge on any atom is 0.336 e. The first-order chi connectivity index (χ1) is 17.0. The van der Waals surface area contributed by atoms with Crippen LogP contribution in [0, 0.1) is 0 Å². The molecular formula is C27H27N3O4S. The fraction of sp³-hybridized carbons (Fsp3) is 0.296. The Balaban J connectivity index is 1.65. The van der Waals surface area contributed by atoms with Gasteiger partial charge in [0.05, 0.1) is 29.0 Å². The van der Waals surface area contributed by atoms with Crippen LogP contribution in [0.25, 0.3) is 6.08 Å². The topological polar surface area (TPSA) is 84.1 Å². The molecule has 2 aromatic carbocycles. The lowest BCUT2D eigenvalue weighted by atomic mass is 9.78. The van der Waals surface area contributed by atoms with Gasteiger partial charge in [-0.2, -0.15) is 0 Å². The molecule has 35 heavy (non-hydrogen) atoms. The predicted octanol–water partition coefficient (Wildman–Crippen LogP) is 2.72. The zero-order chi connectivity index (χ0) is 24.6. The fourth-order valence-corrected chi connectivity index (χ4v) is 6.19. The van der Waals surface area contributed by atoms with Crippen molar-refractivity contribution in [2.75, 3.05) is 31.2 Å². The molecule has 0 radical (unpaired) electrons. The monoisotopic (exact) mass is 489 g/mol. The Morgan fingerprint density at radius 3 is 2.46 bits per heavy atom. The first-order valence-electron chi connectivity index (χ1n) is 11.7. The highest BCUT2D eigenvalue weighted by atomic mass is 32.1. The molecule has 0 amide bonds. The molecule has 3 heterocycles. The Bertz CT molecular complexity index is 1470. The molecule has 0 spiro atoms. The number of aliphatic carboxylic acids is 1. The van der Waals surface area contributed by atoms with E-state index < -0.39 is 11.5 Å². The Morgan fingerprint density at radius 1 is 1.14 bits per heavy atom. The number of ether oxygens (including phenoxy) is 1. The quantitative estimate of drug-likeness (QED) is 0.596. The van der Waals surface area contributed by atoms with Crippen LogP contribution < -0.4 is 19.8 Å². The van der Waals surface area contributed by atoms with Gasteiger partial charge in [-0.1, -0.05) is 60.7 Å². The van der Waals surface area contributed by atoms with E-state index in [9.17, 15) is 14.7 Å². The molecule has 7 nitrogen and oxygen atoms in total. The Morgan fingerprint density at radius 2 is 1.83 bits per heavy atom. The molecule has 8 heteroatoms. The van der Waals surface area contributed by atoms with Gasteiger partial charge in [0.1, 0.15) is 5.54 Å². The molecule has 1 atom stereocenters. The highest BCUT2D eigenvalue weighted by Gasteiger charge is 2.45. The van der Waals surface area contributed by atoms with Gasteiger partial charge in [-0.25, -0.2) is 9.79 Å². The summed E-state index contributed by atoms with van der Waals surface area (Å²) in [6, 6.07) is 17.5. The number of hydrogen-bond acceptors (Lipinski definition) is 6. The van der Waals surface area contributed by atoms with Gasteiger partial charge in [-0.15, -0.1) is 0 Å². The van der Waals surface area contributed by atoms with Crippen LogP contribution in [0.2, 0.25) is 0 Å². The molecule has 1 N–H and O–H groups in total. The molecule has 2 aliphatic rings. The lowest BCUT2D eigenvalue weighted by Crippen LogP contribution is -2.52. The molecule has 0 saturated carbocycles. The molecule has 5 rings (SSSR count). The van der Waals surface area contributed by atoms with Crippen molar-refractivity contribution in [2.24, 2.45) is 4.99 Å². The van der Waals surface area contributed by atoms with Gasteiger partial charge in [0.15, 0.2) is 4.80 Å². The van der Waals surface area contributed by atoms with Gasteiger partial charge in [0.25, 0.3) is 5.56 Å². The van der Waals surface area contributed by atoms with Crippen LogP contribution in [0.1, 0.15) is 31.4 Å². The molecular weight excluding hydrogens is 462 g/mol. The molecule has 1 saturated heterocycles. The Labute approximate surface area is 206 Å². The number of thiazole rings is 1. The van der Waals surface area contributed by atoms with E-state index in [-0.39, 0.29) is 11.1 Å². The molecule has 1 unspecified atom stereocenters. The van der Waals surface area contributed by atoms with Crippen molar-refractivity contribution in [2.45, 2.75) is 25.8 Å². The second kappa shape index (κ2) is 9.28. The van der Waals surface area contributed by atoms with Crippen LogP contribution in [-0.2, 0) is 15.1 Å². The van der Waals surface area contributed by atoms with E-state index >= 15 is 0 Å². The summed E-state index contributed by atoms with van der Waals surface area (Å²) in [5.74, 6) is -1.06. The number of anilines is 1. The number of rotatable bonds is 5. The first kappa shape index (κ1) is 23.3. The average Bonchev–Trinajstić information content (AvgIpc) is 3.19. The van der Waals surface area contributed by atoms with Gasteiger partial charge in [-0.05, 0) is 42.7 Å². The number of carboxylic acid groups (broad SMARTS) is 1. The summed E-state index contributed by atoms with van der Waals surface area (Å²) < 4.78 is 7.54. The highest BCUT2D eigenvalue weighted by molar-refractivity contribution is 7.07. The van der Waals surface area contributed by atoms with Gasteiger partial charge in [-0.3, -0.25) is 9.36 Å². The number of fused-ring (bicyclic) bond motifs is 1. The Hall–Kier alpha value is -3.49. The van der Waals surface area contributed by atoms with Gasteiger partial charge >= 0.3 is 5.97 Å². The summed E-state index contributed by atoms with van der Waals surface area (Å²) in [4.78, 5) is 33.6. The van der Waals surface area contributed by atoms with E-state index in [2.05, 4.69) is 22.0 Å².